The maximum absolute atomic E-state index is 13.9. The van der Waals surface area contributed by atoms with Crippen molar-refractivity contribution in [2.24, 2.45) is 5.92 Å². The van der Waals surface area contributed by atoms with E-state index in [2.05, 4.69) is 6.92 Å². The second-order valence-corrected chi connectivity index (χ2v) is 7.69. The first-order valence-electron chi connectivity index (χ1n) is 7.29. The third-order valence-corrected chi connectivity index (χ3v) is 5.06. The molecule has 0 unspecified atom stereocenters. The van der Waals surface area contributed by atoms with Gasteiger partial charge >= 0.3 is 0 Å². The van der Waals surface area contributed by atoms with Crippen LogP contribution < -0.4 is 4.31 Å². The minimum atomic E-state index is -3.74. The smallest absolute Gasteiger partial charge is 0.243 e. The number of likely N-dealkylation sites (tertiary alicyclic amines) is 1. The lowest BCUT2D eigenvalue weighted by molar-refractivity contribution is -0.130. The predicted octanol–water partition coefficient (Wildman–Crippen LogP) is 1.85. The van der Waals surface area contributed by atoms with Crippen molar-refractivity contribution in [2.45, 2.75) is 19.8 Å². The van der Waals surface area contributed by atoms with Crippen molar-refractivity contribution in [1.82, 2.24) is 4.90 Å². The Morgan fingerprint density at radius 2 is 1.91 bits per heavy atom. The van der Waals surface area contributed by atoms with Gasteiger partial charge in [-0.2, -0.15) is 0 Å². The van der Waals surface area contributed by atoms with Crippen LogP contribution in [0, 0.1) is 11.7 Å². The van der Waals surface area contributed by atoms with E-state index in [1.807, 2.05) is 0 Å². The van der Waals surface area contributed by atoms with Crippen LogP contribution in [0.3, 0.4) is 0 Å². The lowest BCUT2D eigenvalue weighted by Gasteiger charge is -2.32. The zero-order valence-corrected chi connectivity index (χ0v) is 13.6. The molecule has 1 aliphatic heterocycles. The number of nitrogens with zero attached hydrogens (tertiary/aromatic N) is 2. The summed E-state index contributed by atoms with van der Waals surface area (Å²) in [6.07, 6.45) is 2.79. The van der Waals surface area contributed by atoms with E-state index in [1.54, 1.807) is 11.0 Å². The van der Waals surface area contributed by atoms with Crippen molar-refractivity contribution in [2.75, 3.05) is 30.2 Å². The molecule has 0 aromatic heterocycles. The summed E-state index contributed by atoms with van der Waals surface area (Å²) < 4.78 is 38.6. The van der Waals surface area contributed by atoms with Crippen molar-refractivity contribution in [3.63, 3.8) is 0 Å². The Balaban J connectivity index is 2.18. The number of rotatable bonds is 4. The van der Waals surface area contributed by atoms with Crippen LogP contribution in [0.25, 0.3) is 0 Å². The molecule has 0 radical (unpaired) electrons. The van der Waals surface area contributed by atoms with Crippen molar-refractivity contribution >= 4 is 21.6 Å². The summed E-state index contributed by atoms with van der Waals surface area (Å²) in [5, 5.41) is 0. The molecule has 1 aliphatic rings. The molecule has 22 heavy (non-hydrogen) atoms. The second-order valence-electron chi connectivity index (χ2n) is 5.78. The molecule has 1 aromatic carbocycles. The fraction of sp³-hybridized carbons (Fsp3) is 0.533. The predicted molar refractivity (Wildman–Crippen MR) is 83.6 cm³/mol. The van der Waals surface area contributed by atoms with Crippen LogP contribution >= 0.6 is 0 Å². The van der Waals surface area contributed by atoms with E-state index < -0.39 is 15.8 Å². The molecular formula is C15H21FN2O3S. The van der Waals surface area contributed by atoms with Gasteiger partial charge in [-0.15, -0.1) is 0 Å². The first-order chi connectivity index (χ1) is 10.3. The molecule has 0 bridgehead atoms. The number of hydrogen-bond donors (Lipinski definition) is 0. The summed E-state index contributed by atoms with van der Waals surface area (Å²) in [5.41, 5.74) is -0.0938. The molecule has 1 aromatic rings. The molecule has 1 amide bonds. The Kier molecular flexibility index (Phi) is 5.05. The normalized spacial score (nSPS) is 16.6. The van der Waals surface area contributed by atoms with E-state index in [9.17, 15) is 17.6 Å². The van der Waals surface area contributed by atoms with Gasteiger partial charge in [0.05, 0.1) is 11.9 Å². The van der Waals surface area contributed by atoms with Gasteiger partial charge < -0.3 is 4.90 Å². The van der Waals surface area contributed by atoms with E-state index in [0.717, 1.165) is 23.4 Å². The van der Waals surface area contributed by atoms with Crippen molar-refractivity contribution in [1.29, 1.82) is 0 Å². The fourth-order valence-electron chi connectivity index (χ4n) is 2.52. The Morgan fingerprint density at radius 3 is 2.45 bits per heavy atom. The van der Waals surface area contributed by atoms with Gasteiger partial charge in [-0.25, -0.2) is 12.8 Å². The lowest BCUT2D eigenvalue weighted by Crippen LogP contribution is -2.45. The third-order valence-electron chi connectivity index (χ3n) is 3.94. The lowest BCUT2D eigenvalue weighted by atomic mass is 9.99. The van der Waals surface area contributed by atoms with Crippen molar-refractivity contribution in [3.8, 4) is 0 Å². The van der Waals surface area contributed by atoms with Gasteiger partial charge in [0.2, 0.25) is 15.9 Å². The van der Waals surface area contributed by atoms with Gasteiger partial charge in [0.15, 0.2) is 0 Å². The quantitative estimate of drug-likeness (QED) is 0.847. The molecule has 0 aliphatic carbocycles. The molecule has 1 fully saturated rings. The first-order valence-corrected chi connectivity index (χ1v) is 9.14. The summed E-state index contributed by atoms with van der Waals surface area (Å²) in [6, 6.07) is 5.57. The number of halogens is 1. The highest BCUT2D eigenvalue weighted by Crippen LogP contribution is 2.22. The molecule has 1 saturated heterocycles. The van der Waals surface area contributed by atoms with Crippen molar-refractivity contribution < 1.29 is 17.6 Å². The molecule has 5 nitrogen and oxygen atoms in total. The topological polar surface area (TPSA) is 57.7 Å². The van der Waals surface area contributed by atoms with E-state index in [4.69, 9.17) is 0 Å². The van der Waals surface area contributed by atoms with Gasteiger partial charge in [0.25, 0.3) is 0 Å². The highest BCUT2D eigenvalue weighted by atomic mass is 32.2. The minimum Gasteiger partial charge on any atom is -0.341 e. The summed E-state index contributed by atoms with van der Waals surface area (Å²) >= 11 is 0. The maximum Gasteiger partial charge on any atom is 0.243 e. The van der Waals surface area contributed by atoms with Crippen LogP contribution in [0.4, 0.5) is 10.1 Å². The minimum absolute atomic E-state index is 0.0938. The Morgan fingerprint density at radius 1 is 1.32 bits per heavy atom. The zero-order valence-electron chi connectivity index (χ0n) is 12.8. The fourth-order valence-corrected chi connectivity index (χ4v) is 3.37. The SMILES string of the molecule is CC1CCN(C(=O)CN(c2ccccc2F)S(C)(=O)=O)CC1. The maximum atomic E-state index is 13.9. The van der Waals surface area contributed by atoms with E-state index in [-0.39, 0.29) is 18.1 Å². The van der Waals surface area contributed by atoms with Crippen LogP contribution in [0.1, 0.15) is 19.8 Å². The average molecular weight is 328 g/mol. The zero-order chi connectivity index (χ0) is 16.3. The summed E-state index contributed by atoms with van der Waals surface area (Å²) in [7, 11) is -3.74. The Bertz CT molecular complexity index is 640. The molecule has 7 heteroatoms. The molecule has 0 atom stereocenters. The van der Waals surface area contributed by atoms with Gasteiger partial charge in [-0.3, -0.25) is 9.10 Å². The number of hydrogen-bond acceptors (Lipinski definition) is 3. The number of anilines is 1. The number of sulfonamides is 1. The Hall–Kier alpha value is -1.63. The largest absolute Gasteiger partial charge is 0.341 e. The van der Waals surface area contributed by atoms with E-state index in [1.165, 1.54) is 18.2 Å². The highest BCUT2D eigenvalue weighted by molar-refractivity contribution is 7.92. The number of carbonyl (C=O) groups is 1. The second kappa shape index (κ2) is 6.64. The molecule has 1 heterocycles. The third kappa shape index (κ3) is 3.97. The molecule has 0 N–H and O–H groups in total. The van der Waals surface area contributed by atoms with Crippen LogP contribution in [0.2, 0.25) is 0 Å². The standard InChI is InChI=1S/C15H21FN2O3S/c1-12-7-9-17(10-8-12)15(19)11-18(22(2,20)21)14-6-4-3-5-13(14)16/h3-6,12H,7-11H2,1-2H3. The first kappa shape index (κ1) is 16.7. The number of benzene rings is 1. The van der Waals surface area contributed by atoms with Gasteiger partial charge in [-0.05, 0) is 30.9 Å². The highest BCUT2D eigenvalue weighted by Gasteiger charge is 2.27. The molecular weight excluding hydrogens is 307 g/mol. The molecule has 122 valence electrons. The molecule has 0 spiro atoms. The summed E-state index contributed by atoms with van der Waals surface area (Å²) in [4.78, 5) is 14.0. The summed E-state index contributed by atoms with van der Waals surface area (Å²) in [5.74, 6) is -0.379. The number of carbonyl (C=O) groups excluding carboxylic acids is 1. The summed E-state index contributed by atoms with van der Waals surface area (Å²) in [6.45, 7) is 3.00. The number of para-hydroxylation sites is 1. The van der Waals surface area contributed by atoms with Gasteiger partial charge in [0.1, 0.15) is 12.4 Å². The van der Waals surface area contributed by atoms with Crippen LogP contribution in [-0.4, -0.2) is 45.1 Å². The molecule has 2 rings (SSSR count). The van der Waals surface area contributed by atoms with E-state index in [0.29, 0.717) is 19.0 Å². The Labute approximate surface area is 130 Å². The van der Waals surface area contributed by atoms with Gasteiger partial charge in [0, 0.05) is 13.1 Å². The van der Waals surface area contributed by atoms with Crippen LogP contribution in [0.15, 0.2) is 24.3 Å². The monoisotopic (exact) mass is 328 g/mol. The van der Waals surface area contributed by atoms with Crippen LogP contribution in [0.5, 0.6) is 0 Å². The average Bonchev–Trinajstić information content (AvgIpc) is 2.45. The van der Waals surface area contributed by atoms with E-state index >= 15 is 0 Å². The van der Waals surface area contributed by atoms with Gasteiger partial charge in [-0.1, -0.05) is 19.1 Å². The molecule has 0 saturated carbocycles. The number of piperidine rings is 1. The van der Waals surface area contributed by atoms with Crippen molar-refractivity contribution in [3.05, 3.63) is 30.1 Å². The number of amides is 1. The van der Waals surface area contributed by atoms with Crippen LogP contribution in [-0.2, 0) is 14.8 Å².